The van der Waals surface area contributed by atoms with E-state index >= 15 is 0 Å². The summed E-state index contributed by atoms with van der Waals surface area (Å²) in [6.45, 7) is 10.8. The van der Waals surface area contributed by atoms with Gasteiger partial charge in [-0.05, 0) is 96.5 Å². The van der Waals surface area contributed by atoms with E-state index in [1.54, 1.807) is 6.92 Å². The number of methoxy groups -OCH3 is 1. The molecule has 4 N–H and O–H groups in total. The van der Waals surface area contributed by atoms with Gasteiger partial charge in [0.1, 0.15) is 23.7 Å². The number of alkyl carbamates (subject to hydrolysis) is 1. The fourth-order valence-electron chi connectivity index (χ4n) is 8.42. The van der Waals surface area contributed by atoms with Crippen LogP contribution in [0.4, 0.5) is 4.79 Å². The molecule has 2 fully saturated rings. The second kappa shape index (κ2) is 17.4. The fraction of sp³-hybridized carbons (Fsp3) is 0.467. The second-order valence-corrected chi connectivity index (χ2v) is 16.4. The van der Waals surface area contributed by atoms with Gasteiger partial charge in [0.25, 0.3) is 0 Å². The highest BCUT2D eigenvalue weighted by Crippen LogP contribution is 2.35. The molecular formula is C45H56N8O5. The molecule has 3 aromatic carbocycles. The van der Waals surface area contributed by atoms with Crippen LogP contribution < -0.4 is 10.6 Å². The summed E-state index contributed by atoms with van der Waals surface area (Å²) < 4.78 is 4.80. The Morgan fingerprint density at radius 1 is 0.741 bits per heavy atom. The van der Waals surface area contributed by atoms with Gasteiger partial charge in [0, 0.05) is 25.1 Å². The molecule has 58 heavy (non-hydrogen) atoms. The van der Waals surface area contributed by atoms with Crippen molar-refractivity contribution in [3.63, 3.8) is 0 Å². The zero-order valence-corrected chi connectivity index (χ0v) is 34.4. The number of ether oxygens (including phenoxy) is 1. The fourth-order valence-corrected chi connectivity index (χ4v) is 8.42. The number of amides is 4. The maximum Gasteiger partial charge on any atom is 0.407 e. The molecule has 0 aliphatic carbocycles. The van der Waals surface area contributed by atoms with Crippen LogP contribution in [0.2, 0.25) is 0 Å². The number of aromatic amines is 2. The van der Waals surface area contributed by atoms with Crippen LogP contribution in [-0.2, 0) is 19.1 Å². The zero-order valence-electron chi connectivity index (χ0n) is 34.4. The van der Waals surface area contributed by atoms with E-state index in [1.807, 2.05) is 49.8 Å². The highest BCUT2D eigenvalue weighted by Gasteiger charge is 2.37. The Morgan fingerprint density at radius 3 is 1.93 bits per heavy atom. The van der Waals surface area contributed by atoms with E-state index < -0.39 is 18.2 Å². The first-order valence-corrected chi connectivity index (χ1v) is 20.8. The van der Waals surface area contributed by atoms with Crippen LogP contribution in [0, 0.1) is 11.8 Å². The lowest BCUT2D eigenvalue weighted by atomic mass is 9.96. The summed E-state index contributed by atoms with van der Waals surface area (Å²) in [6.07, 6.45) is 6.94. The van der Waals surface area contributed by atoms with Gasteiger partial charge < -0.3 is 35.1 Å². The maximum absolute atomic E-state index is 13.9. The van der Waals surface area contributed by atoms with Gasteiger partial charge in [0.15, 0.2) is 0 Å². The van der Waals surface area contributed by atoms with Crippen LogP contribution >= 0.6 is 0 Å². The van der Waals surface area contributed by atoms with Crippen LogP contribution in [0.25, 0.3) is 44.2 Å². The average Bonchev–Trinajstić information content (AvgIpc) is 3.91. The third-order valence-corrected chi connectivity index (χ3v) is 11.7. The summed E-state index contributed by atoms with van der Waals surface area (Å²) in [5.74, 6) is 1.06. The second-order valence-electron chi connectivity index (χ2n) is 16.4. The lowest BCUT2D eigenvalue weighted by Crippen LogP contribution is -2.53. The Labute approximate surface area is 339 Å². The molecule has 13 nitrogen and oxygen atoms in total. The molecule has 0 radical (unpaired) electrons. The predicted molar refractivity (Wildman–Crippen MR) is 224 cm³/mol. The van der Waals surface area contributed by atoms with Gasteiger partial charge >= 0.3 is 6.09 Å². The number of hydrogen-bond donors (Lipinski definition) is 4. The molecule has 0 spiro atoms. The highest BCUT2D eigenvalue weighted by molar-refractivity contribution is 5.92. The lowest BCUT2D eigenvalue weighted by molar-refractivity contribution is -0.141. The Kier molecular flexibility index (Phi) is 12.2. The number of nitrogens with one attached hydrogen (secondary N) is 4. The Morgan fingerprint density at radius 2 is 1.31 bits per heavy atom. The lowest BCUT2D eigenvalue weighted by Gasteiger charge is -2.37. The van der Waals surface area contributed by atoms with Crippen molar-refractivity contribution >= 4 is 45.6 Å². The molecule has 2 aliphatic heterocycles. The molecule has 4 atom stereocenters. The molecule has 4 heterocycles. The van der Waals surface area contributed by atoms with Gasteiger partial charge in [-0.15, -0.1) is 0 Å². The van der Waals surface area contributed by atoms with Gasteiger partial charge in [-0.3, -0.25) is 14.4 Å². The highest BCUT2D eigenvalue weighted by atomic mass is 16.5. The summed E-state index contributed by atoms with van der Waals surface area (Å²) in [5, 5.41) is 7.86. The number of fused-ring (bicyclic) bond motifs is 2. The number of nitrogens with zero attached hydrogens (tertiary/aromatic N) is 4. The number of likely N-dealkylation sites (tertiary alicyclic amines) is 2. The van der Waals surface area contributed by atoms with Crippen molar-refractivity contribution in [2.75, 3.05) is 20.2 Å². The number of carbonyl (C=O) groups is 4. The molecular weight excluding hydrogens is 733 g/mol. The van der Waals surface area contributed by atoms with E-state index in [0.29, 0.717) is 19.5 Å². The van der Waals surface area contributed by atoms with E-state index in [9.17, 15) is 19.2 Å². The van der Waals surface area contributed by atoms with E-state index in [2.05, 4.69) is 69.1 Å². The molecule has 0 bridgehead atoms. The Hall–Kier alpha value is -5.72. The van der Waals surface area contributed by atoms with E-state index in [0.717, 1.165) is 94.4 Å². The van der Waals surface area contributed by atoms with Crippen molar-refractivity contribution in [2.24, 2.45) is 11.8 Å². The van der Waals surface area contributed by atoms with Crippen molar-refractivity contribution < 1.29 is 23.9 Å². The number of aromatic nitrogens is 4. The summed E-state index contributed by atoms with van der Waals surface area (Å²) >= 11 is 0. The molecule has 0 unspecified atom stereocenters. The van der Waals surface area contributed by atoms with Crippen LogP contribution in [0.5, 0.6) is 0 Å². The minimum Gasteiger partial charge on any atom is -0.453 e. The number of benzene rings is 3. The van der Waals surface area contributed by atoms with Crippen molar-refractivity contribution in [1.29, 1.82) is 0 Å². The zero-order chi connectivity index (χ0) is 41.1. The van der Waals surface area contributed by atoms with Gasteiger partial charge in [-0.25, -0.2) is 14.8 Å². The Bertz CT molecular complexity index is 2290. The van der Waals surface area contributed by atoms with E-state index in [-0.39, 0.29) is 41.6 Å². The van der Waals surface area contributed by atoms with Crippen LogP contribution in [-0.4, -0.2) is 85.8 Å². The van der Waals surface area contributed by atoms with Crippen LogP contribution in [0.1, 0.15) is 103 Å². The third-order valence-electron chi connectivity index (χ3n) is 11.7. The third kappa shape index (κ3) is 8.44. The first-order chi connectivity index (χ1) is 27.9. The van der Waals surface area contributed by atoms with Gasteiger partial charge in [0.05, 0.1) is 42.1 Å². The summed E-state index contributed by atoms with van der Waals surface area (Å²) in [6, 6.07) is 17.4. The topological polar surface area (TPSA) is 165 Å². The van der Waals surface area contributed by atoms with E-state index in [1.165, 1.54) is 7.11 Å². The van der Waals surface area contributed by atoms with Crippen LogP contribution in [0.3, 0.4) is 0 Å². The molecule has 4 amide bonds. The van der Waals surface area contributed by atoms with E-state index in [4.69, 9.17) is 14.7 Å². The Balaban J connectivity index is 1.09. The largest absolute Gasteiger partial charge is 0.453 e. The maximum atomic E-state index is 13.9. The predicted octanol–water partition coefficient (Wildman–Crippen LogP) is 7.81. The molecule has 5 aromatic rings. The molecule has 0 saturated carbocycles. The van der Waals surface area contributed by atoms with Gasteiger partial charge in [-0.2, -0.15) is 0 Å². The molecule has 13 heteroatoms. The van der Waals surface area contributed by atoms with Gasteiger partial charge in [0.2, 0.25) is 17.7 Å². The summed E-state index contributed by atoms with van der Waals surface area (Å²) in [4.78, 5) is 72.5. The number of H-pyrrole nitrogens is 2. The quantitative estimate of drug-likeness (QED) is 0.106. The summed E-state index contributed by atoms with van der Waals surface area (Å²) in [7, 11) is 1.30. The standard InChI is InChI=1S/C45H56N8O5/c1-7-38(54)50-39(26(2)3)43(55)53-21-11-9-13-37(53)42-47-33-19-18-31(24-34(33)48-42)29-14-15-30-23-32(17-16-28(30)22-29)35-25-46-41(49-35)36-12-8-10-20-52(36)44(56)40(27(4)5)51-45(57)58-6/h14-19,22-27,36-37,39-40H,7-13,20-21H2,1-6H3,(H,46,49)(H,47,48)(H,50,54)(H,51,57)/t36-,37-,39-,40-/m0/s1. The number of hydrogen-bond acceptors (Lipinski definition) is 7. The first kappa shape index (κ1) is 40.5. The van der Waals surface area contributed by atoms with Crippen molar-refractivity contribution in [3.8, 4) is 22.4 Å². The minimum absolute atomic E-state index is 0.0326. The van der Waals surface area contributed by atoms with Crippen LogP contribution in [0.15, 0.2) is 60.8 Å². The summed E-state index contributed by atoms with van der Waals surface area (Å²) in [5.41, 5.74) is 5.75. The van der Waals surface area contributed by atoms with Gasteiger partial charge in [-0.1, -0.05) is 65.0 Å². The molecule has 306 valence electrons. The van der Waals surface area contributed by atoms with Crippen molar-refractivity contribution in [2.45, 2.75) is 104 Å². The number of piperidine rings is 2. The average molecular weight is 789 g/mol. The number of rotatable bonds is 11. The number of carbonyl (C=O) groups excluding carboxylic acids is 4. The SMILES string of the molecule is CCC(=O)N[C@H](C(=O)N1CCCC[C@H]1c1nc2ccc(-c3ccc4cc(-c5cnc([C@@H]6CCCCN6C(=O)[C@@H](NC(=O)OC)C(C)C)[nH]5)ccc4c3)cc2[nH]1)C(C)C. The monoisotopic (exact) mass is 788 g/mol. The molecule has 2 aliphatic rings. The normalized spacial score (nSPS) is 18.4. The minimum atomic E-state index is -0.693. The van der Waals surface area contributed by atoms with Crippen molar-refractivity contribution in [3.05, 3.63) is 72.4 Å². The number of imidazole rings is 2. The van der Waals surface area contributed by atoms with Crippen molar-refractivity contribution in [1.82, 2.24) is 40.4 Å². The first-order valence-electron chi connectivity index (χ1n) is 20.8. The molecule has 2 aromatic heterocycles. The molecule has 7 rings (SSSR count). The molecule has 2 saturated heterocycles. The smallest absolute Gasteiger partial charge is 0.407 e.